The molecular weight excluding hydrogens is 721 g/mol. The molecule has 0 bridgehead atoms. The molecule has 0 atom stereocenters. The van der Waals surface area contributed by atoms with E-state index >= 15 is 0 Å². The molecule has 0 N–H and O–H groups in total. The Kier molecular flexibility index (Phi) is 7.96. The van der Waals surface area contributed by atoms with Crippen LogP contribution in [0.5, 0.6) is 0 Å². The Morgan fingerprint density at radius 1 is 0.150 bits per heavy atom. The average molecular weight is 759 g/mol. The maximum atomic E-state index is 2.38. The van der Waals surface area contributed by atoms with Gasteiger partial charge in [-0.1, -0.05) is 212 Å². The molecule has 12 rings (SSSR count). The Morgan fingerprint density at radius 2 is 0.433 bits per heavy atom. The predicted octanol–water partition coefficient (Wildman–Crippen LogP) is 16.9. The van der Waals surface area contributed by atoms with Crippen molar-refractivity contribution in [3.05, 3.63) is 231 Å². The molecule has 60 heavy (non-hydrogen) atoms. The van der Waals surface area contributed by atoms with Crippen LogP contribution in [0.25, 0.3) is 120 Å². The fourth-order valence-corrected chi connectivity index (χ4v) is 9.83. The zero-order valence-electron chi connectivity index (χ0n) is 32.9. The van der Waals surface area contributed by atoms with Crippen LogP contribution >= 0.6 is 0 Å². The zero-order valence-corrected chi connectivity index (χ0v) is 32.9. The molecule has 0 unspecified atom stereocenters. The molecule has 0 aromatic heterocycles. The summed E-state index contributed by atoms with van der Waals surface area (Å²) in [6.45, 7) is 0. The van der Waals surface area contributed by atoms with Crippen molar-refractivity contribution in [2.45, 2.75) is 0 Å². The summed E-state index contributed by atoms with van der Waals surface area (Å²) in [6, 6.07) is 85.1. The second-order valence-corrected chi connectivity index (χ2v) is 16.0. The van der Waals surface area contributed by atoms with Crippen molar-refractivity contribution in [1.82, 2.24) is 0 Å². The van der Waals surface area contributed by atoms with Gasteiger partial charge in [0.05, 0.1) is 0 Å². The fourth-order valence-electron chi connectivity index (χ4n) is 9.83. The molecule has 12 aromatic carbocycles. The Hall–Kier alpha value is -7.80. The average Bonchev–Trinajstić information content (AvgIpc) is 3.32. The summed E-state index contributed by atoms with van der Waals surface area (Å²) < 4.78 is 0. The molecule has 0 fully saturated rings. The lowest BCUT2D eigenvalue weighted by Gasteiger charge is -2.22. The first-order chi connectivity index (χ1) is 29.8. The molecule has 12 aromatic rings. The smallest absolute Gasteiger partial charge is 0.00139 e. The maximum Gasteiger partial charge on any atom is -0.00139 e. The largest absolute Gasteiger partial charge is 0.0622 e. The van der Waals surface area contributed by atoms with Gasteiger partial charge in [0.15, 0.2) is 0 Å². The molecule has 0 aliphatic rings. The minimum atomic E-state index is 1.22. The van der Waals surface area contributed by atoms with E-state index in [0.29, 0.717) is 0 Å². The predicted molar refractivity (Wildman–Crippen MR) is 259 cm³/mol. The zero-order chi connectivity index (χ0) is 39.6. The first kappa shape index (κ1) is 34.3. The molecule has 0 saturated carbocycles. The summed E-state index contributed by atoms with van der Waals surface area (Å²) in [5.41, 5.74) is 12.5. The van der Waals surface area contributed by atoms with Crippen molar-refractivity contribution in [1.29, 1.82) is 0 Å². The quantitative estimate of drug-likeness (QED) is 0.153. The van der Waals surface area contributed by atoms with Gasteiger partial charge in [-0.05, 0) is 138 Å². The maximum absolute atomic E-state index is 2.38. The van der Waals surface area contributed by atoms with Crippen LogP contribution < -0.4 is 0 Å². The van der Waals surface area contributed by atoms with Gasteiger partial charge in [0.1, 0.15) is 0 Å². The lowest BCUT2D eigenvalue weighted by molar-refractivity contribution is 1.63. The lowest BCUT2D eigenvalue weighted by atomic mass is 9.81. The number of hydrogen-bond donors (Lipinski definition) is 0. The molecule has 0 nitrogen and oxygen atoms in total. The highest BCUT2D eigenvalue weighted by molar-refractivity contribution is 6.30. The number of hydrogen-bond acceptors (Lipinski definition) is 0. The third kappa shape index (κ3) is 5.53. The summed E-state index contributed by atoms with van der Waals surface area (Å²) in [7, 11) is 0. The highest BCUT2D eigenvalue weighted by atomic mass is 14.2. The molecule has 0 saturated heterocycles. The van der Waals surface area contributed by atoms with Gasteiger partial charge in [-0.2, -0.15) is 0 Å². The number of fused-ring (bicyclic) bond motifs is 6. The van der Waals surface area contributed by atoms with Crippen LogP contribution in [0.4, 0.5) is 0 Å². The van der Waals surface area contributed by atoms with Gasteiger partial charge in [-0.3, -0.25) is 0 Å². The second-order valence-electron chi connectivity index (χ2n) is 16.0. The molecule has 0 aliphatic heterocycles. The van der Waals surface area contributed by atoms with Crippen LogP contribution in [0.2, 0.25) is 0 Å². The minimum absolute atomic E-state index is 1.22. The van der Waals surface area contributed by atoms with Crippen molar-refractivity contribution < 1.29 is 0 Å². The molecule has 0 amide bonds. The molecule has 0 heterocycles. The van der Waals surface area contributed by atoms with Crippen molar-refractivity contribution >= 4 is 64.6 Å². The SMILES string of the molecule is c1ccc(-c2ccc3cc(-c4c5ccccc5c(-c5c6ccccc6c(-c6ccc(-c7ccc8ccccc8c7)cc6)c6ccccc56)c5ccccc45)ccc3c2)cc1. The molecular formula is C60H38. The molecule has 0 spiro atoms. The van der Waals surface area contributed by atoms with E-state index in [1.165, 1.54) is 120 Å². The van der Waals surface area contributed by atoms with Crippen LogP contribution in [-0.4, -0.2) is 0 Å². The van der Waals surface area contributed by atoms with Crippen molar-refractivity contribution in [3.63, 3.8) is 0 Å². The highest BCUT2D eigenvalue weighted by Gasteiger charge is 2.22. The molecule has 0 aliphatic carbocycles. The van der Waals surface area contributed by atoms with Gasteiger partial charge in [0, 0.05) is 0 Å². The first-order valence-corrected chi connectivity index (χ1v) is 20.8. The van der Waals surface area contributed by atoms with Crippen LogP contribution in [0, 0.1) is 0 Å². The third-order valence-electron chi connectivity index (χ3n) is 12.6. The highest BCUT2D eigenvalue weighted by Crippen LogP contribution is 2.50. The monoisotopic (exact) mass is 758 g/mol. The Labute approximate surface area is 349 Å². The van der Waals surface area contributed by atoms with E-state index in [-0.39, 0.29) is 0 Å². The van der Waals surface area contributed by atoms with E-state index in [1.54, 1.807) is 0 Å². The number of benzene rings is 12. The van der Waals surface area contributed by atoms with E-state index in [9.17, 15) is 0 Å². The van der Waals surface area contributed by atoms with Gasteiger partial charge in [0.2, 0.25) is 0 Å². The first-order valence-electron chi connectivity index (χ1n) is 20.8. The summed E-state index contributed by atoms with van der Waals surface area (Å²) in [6.07, 6.45) is 0. The van der Waals surface area contributed by atoms with Gasteiger partial charge in [-0.15, -0.1) is 0 Å². The Bertz CT molecular complexity index is 3520. The normalized spacial score (nSPS) is 11.7. The summed E-state index contributed by atoms with van der Waals surface area (Å²) in [5, 5.41) is 15.1. The molecule has 278 valence electrons. The topological polar surface area (TPSA) is 0 Å². The van der Waals surface area contributed by atoms with Crippen molar-refractivity contribution in [2.24, 2.45) is 0 Å². The van der Waals surface area contributed by atoms with Crippen molar-refractivity contribution in [2.75, 3.05) is 0 Å². The van der Waals surface area contributed by atoms with Crippen LogP contribution in [-0.2, 0) is 0 Å². The van der Waals surface area contributed by atoms with Gasteiger partial charge in [-0.25, -0.2) is 0 Å². The lowest BCUT2D eigenvalue weighted by Crippen LogP contribution is -1.94. The van der Waals surface area contributed by atoms with E-state index in [0.717, 1.165) is 0 Å². The van der Waals surface area contributed by atoms with E-state index < -0.39 is 0 Å². The number of rotatable bonds is 5. The van der Waals surface area contributed by atoms with E-state index in [1.807, 2.05) is 0 Å². The van der Waals surface area contributed by atoms with Crippen LogP contribution in [0.1, 0.15) is 0 Å². The van der Waals surface area contributed by atoms with Crippen LogP contribution in [0.3, 0.4) is 0 Å². The second kappa shape index (κ2) is 13.9. The van der Waals surface area contributed by atoms with Gasteiger partial charge < -0.3 is 0 Å². The van der Waals surface area contributed by atoms with Gasteiger partial charge in [0.25, 0.3) is 0 Å². The van der Waals surface area contributed by atoms with Gasteiger partial charge >= 0.3 is 0 Å². The molecule has 0 radical (unpaired) electrons. The summed E-state index contributed by atoms with van der Waals surface area (Å²) in [4.78, 5) is 0. The molecule has 0 heteroatoms. The van der Waals surface area contributed by atoms with E-state index in [2.05, 4.69) is 231 Å². The van der Waals surface area contributed by atoms with Crippen LogP contribution in [0.15, 0.2) is 231 Å². The van der Waals surface area contributed by atoms with Crippen molar-refractivity contribution in [3.8, 4) is 55.6 Å². The Morgan fingerprint density at radius 3 is 0.917 bits per heavy atom. The Balaban J connectivity index is 1.07. The summed E-state index contributed by atoms with van der Waals surface area (Å²) in [5.74, 6) is 0. The van der Waals surface area contributed by atoms with E-state index in [4.69, 9.17) is 0 Å². The summed E-state index contributed by atoms with van der Waals surface area (Å²) >= 11 is 0. The fraction of sp³-hybridized carbons (Fsp3) is 0. The standard InChI is InChI=1S/C60H38/c1-2-14-39(15-3-1)44-32-33-47-38-48(35-34-46(47)37-44)58-51-20-8-12-24-55(51)60(56-25-13-9-21-52(56)58)59-53-22-10-6-18-49(53)57(50-19-7-11-23-54(50)59)42-29-26-41(27-30-42)45-31-28-40-16-4-5-17-43(40)36-45/h1-38H. The minimum Gasteiger partial charge on any atom is -0.0622 e. The third-order valence-corrected chi connectivity index (χ3v) is 12.6.